The molecule has 0 aromatic carbocycles. The Hall–Kier alpha value is -1.38. The zero-order chi connectivity index (χ0) is 13.3. The maximum Gasteiger partial charge on any atom is 0.416 e. The van der Waals surface area contributed by atoms with Crippen molar-refractivity contribution in [1.29, 1.82) is 0 Å². The van der Waals surface area contributed by atoms with E-state index in [1.165, 1.54) is 6.92 Å². The Morgan fingerprint density at radius 3 is 2.18 bits per heavy atom. The van der Waals surface area contributed by atoms with Gasteiger partial charge in [0, 0.05) is 5.57 Å². The number of allylic oxidation sites excluding steroid dienone is 4. The van der Waals surface area contributed by atoms with Crippen molar-refractivity contribution in [2.75, 3.05) is 0 Å². The fourth-order valence-electron chi connectivity index (χ4n) is 1.44. The normalized spacial score (nSPS) is 21.2. The summed E-state index contributed by atoms with van der Waals surface area (Å²) in [5.41, 5.74) is -1.44. The molecular weight excluding hydrogens is 246 g/mol. The summed E-state index contributed by atoms with van der Waals surface area (Å²) in [5, 5.41) is 0. The Balaban J connectivity index is 3.15. The Morgan fingerprint density at radius 2 is 1.76 bits per heavy atom. The van der Waals surface area contributed by atoms with Crippen LogP contribution in [0.1, 0.15) is 13.3 Å². The maximum atomic E-state index is 12.4. The second-order valence-corrected chi connectivity index (χ2v) is 3.52. The Bertz CT molecular complexity index is 410. The standard InChI is InChI=1S/C11H8F6/c1-2-3-7-4-8(10(12,13)14)6-9(5-7)11(15,16)17/h4,6,9H,5H2,1H3. The van der Waals surface area contributed by atoms with Crippen LogP contribution in [0.25, 0.3) is 0 Å². The van der Waals surface area contributed by atoms with Gasteiger partial charge in [-0.2, -0.15) is 26.3 Å². The lowest BCUT2D eigenvalue weighted by Gasteiger charge is -2.22. The zero-order valence-corrected chi connectivity index (χ0v) is 8.71. The monoisotopic (exact) mass is 254 g/mol. The first kappa shape index (κ1) is 13.7. The van der Waals surface area contributed by atoms with E-state index in [0.29, 0.717) is 6.08 Å². The van der Waals surface area contributed by atoms with Crippen LogP contribution in [0, 0.1) is 17.8 Å². The third kappa shape index (κ3) is 3.55. The molecule has 1 aliphatic rings. The summed E-state index contributed by atoms with van der Waals surface area (Å²) >= 11 is 0. The second kappa shape index (κ2) is 4.47. The first-order valence-electron chi connectivity index (χ1n) is 4.63. The summed E-state index contributed by atoms with van der Waals surface area (Å²) in [6, 6.07) is 0. The van der Waals surface area contributed by atoms with Gasteiger partial charge in [-0.3, -0.25) is 0 Å². The van der Waals surface area contributed by atoms with E-state index in [2.05, 4.69) is 11.8 Å². The zero-order valence-electron chi connectivity index (χ0n) is 8.71. The highest BCUT2D eigenvalue weighted by atomic mass is 19.4. The van der Waals surface area contributed by atoms with E-state index < -0.39 is 30.3 Å². The largest absolute Gasteiger partial charge is 0.416 e. The predicted molar refractivity (Wildman–Crippen MR) is 49.8 cm³/mol. The predicted octanol–water partition coefficient (Wildman–Crippen LogP) is 4.01. The molecule has 0 aromatic heterocycles. The highest BCUT2D eigenvalue weighted by Gasteiger charge is 2.43. The maximum absolute atomic E-state index is 12.4. The number of alkyl halides is 6. The van der Waals surface area contributed by atoms with Gasteiger partial charge in [-0.1, -0.05) is 12.0 Å². The molecule has 0 heterocycles. The topological polar surface area (TPSA) is 0 Å². The second-order valence-electron chi connectivity index (χ2n) is 3.52. The van der Waals surface area contributed by atoms with Crippen molar-refractivity contribution >= 4 is 0 Å². The minimum atomic E-state index is -4.79. The van der Waals surface area contributed by atoms with Gasteiger partial charge in [0.05, 0.1) is 11.5 Å². The lowest BCUT2D eigenvalue weighted by atomic mass is 9.90. The summed E-state index contributed by atoms with van der Waals surface area (Å²) in [4.78, 5) is 0. The van der Waals surface area contributed by atoms with Crippen LogP contribution >= 0.6 is 0 Å². The molecule has 1 unspecified atom stereocenters. The smallest absolute Gasteiger partial charge is 0.170 e. The summed E-state index contributed by atoms with van der Waals surface area (Å²) in [5.74, 6) is 2.44. The third-order valence-corrected chi connectivity index (χ3v) is 2.18. The van der Waals surface area contributed by atoms with Crippen molar-refractivity contribution in [3.05, 3.63) is 23.3 Å². The van der Waals surface area contributed by atoms with E-state index in [4.69, 9.17) is 0 Å². The van der Waals surface area contributed by atoms with Crippen molar-refractivity contribution in [3.8, 4) is 11.8 Å². The summed E-state index contributed by atoms with van der Waals surface area (Å²) in [7, 11) is 0. The molecule has 0 N–H and O–H groups in total. The average Bonchev–Trinajstić information content (AvgIpc) is 2.15. The van der Waals surface area contributed by atoms with Gasteiger partial charge in [0.15, 0.2) is 0 Å². The van der Waals surface area contributed by atoms with Crippen LogP contribution in [0.2, 0.25) is 0 Å². The molecule has 0 aromatic rings. The lowest BCUT2D eigenvalue weighted by Crippen LogP contribution is -2.26. The summed E-state index contributed by atoms with van der Waals surface area (Å²) in [6.07, 6.45) is -9.14. The Morgan fingerprint density at radius 1 is 1.18 bits per heavy atom. The highest BCUT2D eigenvalue weighted by Crippen LogP contribution is 2.40. The van der Waals surface area contributed by atoms with Crippen molar-refractivity contribution in [2.24, 2.45) is 5.92 Å². The van der Waals surface area contributed by atoms with E-state index in [1.54, 1.807) is 0 Å². The first-order chi connectivity index (χ1) is 7.64. The van der Waals surface area contributed by atoms with Crippen molar-refractivity contribution in [3.63, 3.8) is 0 Å². The van der Waals surface area contributed by atoms with Crippen molar-refractivity contribution < 1.29 is 26.3 Å². The van der Waals surface area contributed by atoms with Crippen LogP contribution in [0.5, 0.6) is 0 Å². The molecule has 0 radical (unpaired) electrons. The van der Waals surface area contributed by atoms with Crippen molar-refractivity contribution in [2.45, 2.75) is 25.7 Å². The SMILES string of the molecule is CC#CC1=CC(C(F)(F)F)=CC(C(F)(F)F)C1. The first-order valence-corrected chi connectivity index (χ1v) is 4.63. The molecule has 6 heteroatoms. The molecule has 0 spiro atoms. The van der Waals surface area contributed by atoms with Gasteiger partial charge in [-0.05, 0) is 19.4 Å². The Kier molecular flexibility index (Phi) is 3.60. The summed E-state index contributed by atoms with van der Waals surface area (Å²) < 4.78 is 74.5. The van der Waals surface area contributed by atoms with Gasteiger partial charge in [-0.25, -0.2) is 0 Å². The van der Waals surface area contributed by atoms with Crippen LogP contribution in [0.3, 0.4) is 0 Å². The molecule has 1 aliphatic carbocycles. The van der Waals surface area contributed by atoms with Gasteiger partial charge in [0.25, 0.3) is 0 Å². The fraction of sp³-hybridized carbons (Fsp3) is 0.455. The molecule has 0 amide bonds. The minimum absolute atomic E-state index is 0.148. The minimum Gasteiger partial charge on any atom is -0.170 e. The van der Waals surface area contributed by atoms with Gasteiger partial charge in [-0.15, -0.1) is 5.92 Å². The van der Waals surface area contributed by atoms with Gasteiger partial charge in [0.2, 0.25) is 0 Å². The van der Waals surface area contributed by atoms with Crippen LogP contribution in [0.4, 0.5) is 26.3 Å². The lowest BCUT2D eigenvalue weighted by molar-refractivity contribution is -0.162. The Labute approximate surface area is 94.0 Å². The van der Waals surface area contributed by atoms with E-state index in [0.717, 1.165) is 0 Å². The molecule has 17 heavy (non-hydrogen) atoms. The van der Waals surface area contributed by atoms with Gasteiger partial charge >= 0.3 is 12.4 Å². The number of hydrogen-bond acceptors (Lipinski definition) is 0. The van der Waals surface area contributed by atoms with Crippen LogP contribution < -0.4 is 0 Å². The van der Waals surface area contributed by atoms with Crippen molar-refractivity contribution in [1.82, 2.24) is 0 Å². The van der Waals surface area contributed by atoms with E-state index in [1.807, 2.05) is 0 Å². The molecule has 0 aliphatic heterocycles. The molecular formula is C11H8F6. The molecule has 0 fully saturated rings. The number of halogens is 6. The van der Waals surface area contributed by atoms with E-state index in [-0.39, 0.29) is 11.6 Å². The average molecular weight is 254 g/mol. The van der Waals surface area contributed by atoms with E-state index >= 15 is 0 Å². The number of rotatable bonds is 0. The van der Waals surface area contributed by atoms with Crippen LogP contribution in [-0.2, 0) is 0 Å². The van der Waals surface area contributed by atoms with Gasteiger partial charge in [0.1, 0.15) is 0 Å². The number of hydrogen-bond donors (Lipinski definition) is 0. The molecule has 0 saturated carbocycles. The van der Waals surface area contributed by atoms with Crippen LogP contribution in [-0.4, -0.2) is 12.4 Å². The molecule has 1 rings (SSSR count). The molecule has 0 saturated heterocycles. The van der Waals surface area contributed by atoms with E-state index in [9.17, 15) is 26.3 Å². The third-order valence-electron chi connectivity index (χ3n) is 2.18. The molecule has 0 bridgehead atoms. The fourth-order valence-corrected chi connectivity index (χ4v) is 1.44. The quantitative estimate of drug-likeness (QED) is 0.452. The summed E-state index contributed by atoms with van der Waals surface area (Å²) in [6.45, 7) is 1.36. The molecule has 0 nitrogen and oxygen atoms in total. The van der Waals surface area contributed by atoms with Crippen LogP contribution in [0.15, 0.2) is 23.3 Å². The molecule has 94 valence electrons. The molecule has 1 atom stereocenters. The van der Waals surface area contributed by atoms with Gasteiger partial charge < -0.3 is 0 Å². The highest BCUT2D eigenvalue weighted by molar-refractivity contribution is 5.41.